The Bertz CT molecular complexity index is 2090. The second-order valence-corrected chi connectivity index (χ2v) is 10.1. The summed E-state index contributed by atoms with van der Waals surface area (Å²) in [7, 11) is 0. The molecule has 1 aliphatic heterocycles. The molecule has 4 N–H and O–H groups in total. The minimum atomic E-state index is -0.854. The Morgan fingerprint density at radius 2 is 1.95 bits per heavy atom. The molecule has 0 bridgehead atoms. The predicted molar refractivity (Wildman–Crippen MR) is 154 cm³/mol. The van der Waals surface area contributed by atoms with Gasteiger partial charge in [-0.3, -0.25) is 9.59 Å². The lowest BCUT2D eigenvalue weighted by atomic mass is 9.91. The molecule has 1 aliphatic rings. The summed E-state index contributed by atoms with van der Waals surface area (Å²) >= 11 is 0. The first kappa shape index (κ1) is 24.0. The molecule has 3 atom stereocenters. The zero-order valence-electron chi connectivity index (χ0n) is 22.8. The summed E-state index contributed by atoms with van der Waals surface area (Å²) in [6, 6.07) is 18.2. The van der Waals surface area contributed by atoms with Gasteiger partial charge in [-0.2, -0.15) is 5.10 Å². The summed E-state index contributed by atoms with van der Waals surface area (Å²) in [4.78, 5) is 32.7. The number of H-pyrrole nitrogens is 1. The number of amides is 1. The van der Waals surface area contributed by atoms with E-state index < -0.39 is 24.0 Å². The van der Waals surface area contributed by atoms with Crippen LogP contribution in [0.25, 0.3) is 43.4 Å². The van der Waals surface area contributed by atoms with Crippen molar-refractivity contribution in [3.05, 3.63) is 82.5 Å². The van der Waals surface area contributed by atoms with Gasteiger partial charge >= 0.3 is 0 Å². The van der Waals surface area contributed by atoms with Crippen molar-refractivity contribution < 1.29 is 19.7 Å². The highest BCUT2D eigenvalue weighted by Crippen LogP contribution is 2.36. The lowest BCUT2D eigenvalue weighted by Gasteiger charge is -2.14. The molecule has 3 heterocycles. The van der Waals surface area contributed by atoms with E-state index in [9.17, 15) is 14.7 Å². The Morgan fingerprint density at radius 3 is 2.80 bits per heavy atom. The van der Waals surface area contributed by atoms with Crippen molar-refractivity contribution in [3.63, 3.8) is 0 Å². The molecule has 0 spiro atoms. The van der Waals surface area contributed by atoms with Crippen LogP contribution in [0.5, 0.6) is 0 Å². The van der Waals surface area contributed by atoms with Crippen molar-refractivity contribution in [1.82, 2.24) is 25.1 Å². The highest BCUT2D eigenvalue weighted by Gasteiger charge is 2.36. The fourth-order valence-corrected chi connectivity index (χ4v) is 5.71. The van der Waals surface area contributed by atoms with Crippen molar-refractivity contribution in [2.75, 3.05) is 13.2 Å². The number of nitrogens with zero attached hydrogens (tertiary/aromatic N) is 3. The van der Waals surface area contributed by atoms with E-state index in [1.807, 2.05) is 30.3 Å². The molecule has 1 saturated heterocycles. The van der Waals surface area contributed by atoms with Gasteiger partial charge in [-0.1, -0.05) is 54.5 Å². The number of aromatic amines is 1. The van der Waals surface area contributed by atoms with Crippen LogP contribution in [-0.4, -0.2) is 62.7 Å². The maximum atomic E-state index is 13.3. The van der Waals surface area contributed by atoms with Gasteiger partial charge in [0.15, 0.2) is 17.6 Å². The van der Waals surface area contributed by atoms with Crippen molar-refractivity contribution >= 4 is 49.3 Å². The van der Waals surface area contributed by atoms with Gasteiger partial charge < -0.3 is 25.3 Å². The van der Waals surface area contributed by atoms with Gasteiger partial charge in [-0.05, 0) is 44.3 Å². The van der Waals surface area contributed by atoms with Crippen LogP contribution in [0.4, 0.5) is 0 Å². The Morgan fingerprint density at radius 1 is 1.15 bits per heavy atom. The van der Waals surface area contributed by atoms with Crippen LogP contribution in [0.3, 0.4) is 0 Å². The van der Waals surface area contributed by atoms with Gasteiger partial charge in [-0.15, -0.1) is 0 Å². The van der Waals surface area contributed by atoms with Crippen molar-refractivity contribution in [1.29, 1.82) is 1.43 Å². The molecule has 41 heavy (non-hydrogen) atoms. The number of nitrogens with one attached hydrogen (secondary N) is 2. The number of hydrogen-bond acceptors (Lipinski definition) is 7. The third-order valence-electron chi connectivity index (χ3n) is 7.63. The van der Waals surface area contributed by atoms with Crippen LogP contribution >= 0.6 is 0 Å². The second-order valence-electron chi connectivity index (χ2n) is 10.1. The lowest BCUT2D eigenvalue weighted by molar-refractivity contribution is -0.0470. The number of aliphatic hydroxyl groups excluding tert-OH is 2. The molecule has 0 saturated carbocycles. The molecule has 6 aromatic rings. The van der Waals surface area contributed by atoms with E-state index in [0.717, 1.165) is 32.3 Å². The first-order valence-electron chi connectivity index (χ1n) is 13.8. The number of aromatic nitrogens is 4. The monoisotopic (exact) mass is 548 g/mol. The van der Waals surface area contributed by atoms with Gasteiger partial charge in [0.25, 0.3) is 11.5 Å². The van der Waals surface area contributed by atoms with E-state index in [2.05, 4.69) is 61.6 Å². The summed E-state index contributed by atoms with van der Waals surface area (Å²) in [6.07, 6.45) is -0.461. The third kappa shape index (κ3) is 4.19. The van der Waals surface area contributed by atoms with E-state index in [-0.39, 0.29) is 35.7 Å². The Kier molecular flexibility index (Phi) is 5.84. The highest BCUT2D eigenvalue weighted by molar-refractivity contribution is 6.27. The number of hydrogen-bond donors (Lipinski definition) is 4. The molecule has 204 valence electrons. The fraction of sp³-hybridized carbons (Fsp3) is 0.226. The normalized spacial score (nSPS) is 19.1. The summed E-state index contributed by atoms with van der Waals surface area (Å²) in [5.74, 6) is 5.75. The quantitative estimate of drug-likeness (QED) is 0.142. The molecule has 0 radical (unpaired) electrons. The maximum Gasteiger partial charge on any atom is 0.263 e. The Labute approximate surface area is 234 Å². The average molecular weight is 549 g/mol. The molecule has 7 rings (SSSR count). The Hall–Kier alpha value is -4.82. The molecule has 4 aromatic carbocycles. The van der Waals surface area contributed by atoms with E-state index in [1.165, 1.54) is 11.0 Å². The third-order valence-corrected chi connectivity index (χ3v) is 7.63. The number of fused-ring (bicyclic) bond motifs is 1. The van der Waals surface area contributed by atoms with Crippen LogP contribution in [0.2, 0.25) is 0 Å². The van der Waals surface area contributed by atoms with Crippen LogP contribution in [0.15, 0.2) is 65.7 Å². The molecular formula is C31H25N5O5. The molecule has 10 heteroatoms. The number of carbonyl (C=O) groups excluding carboxylic acids is 1. The highest BCUT2D eigenvalue weighted by atomic mass is 16.5. The number of benzene rings is 4. The molecule has 1 unspecified atom stereocenters. The molecular weight excluding hydrogens is 522 g/mol. The van der Waals surface area contributed by atoms with Gasteiger partial charge in [0.05, 0.1) is 19.0 Å². The zero-order valence-corrected chi connectivity index (χ0v) is 21.8. The summed E-state index contributed by atoms with van der Waals surface area (Å²) < 4.78 is 14.2. The SMILES string of the molecule is [2H]OC[C@H]1O[C@@H](n2nc(C#CCCNC(=O)c3cc4cccc5ccc6cccc3c6c54)c3c(=O)[nH]cnc32)CC1O. The zero-order chi connectivity index (χ0) is 28.8. The van der Waals surface area contributed by atoms with Crippen LogP contribution in [-0.2, 0) is 4.74 Å². The topological polar surface area (TPSA) is 142 Å². The lowest BCUT2D eigenvalue weighted by Crippen LogP contribution is -2.24. The van der Waals surface area contributed by atoms with E-state index in [1.54, 1.807) is 0 Å². The molecule has 1 fully saturated rings. The first-order valence-corrected chi connectivity index (χ1v) is 13.3. The first-order chi connectivity index (χ1) is 20.5. The van der Waals surface area contributed by atoms with Gasteiger partial charge in [0.1, 0.15) is 11.5 Å². The maximum absolute atomic E-state index is 13.3. The number of carbonyl (C=O) groups is 1. The van der Waals surface area contributed by atoms with Gasteiger partial charge in [-0.25, -0.2) is 9.67 Å². The minimum Gasteiger partial charge on any atom is -0.394 e. The minimum absolute atomic E-state index is 0.0997. The Balaban J connectivity index is 1.11. The standard InChI is InChI=1S/C31H25N5O5/c37-15-24-23(38)14-25(41-24)36-29-28(31(40)34-16-33-29)22(35-36)9-1-2-12-32-30(39)21-13-19-7-3-5-17-10-11-18-6-4-8-20(21)27(18)26(17)19/h3-8,10-11,13,16,23-25,37-38H,2,12,14-15H2,(H,32,39)(H,33,34,40)/t23?,24-,25-/m1/s1/i37D. The largest absolute Gasteiger partial charge is 0.394 e. The van der Waals surface area contributed by atoms with Crippen LogP contribution in [0, 0.1) is 11.8 Å². The second kappa shape index (κ2) is 9.98. The van der Waals surface area contributed by atoms with Gasteiger partial charge in [0.2, 0.25) is 1.43 Å². The van der Waals surface area contributed by atoms with E-state index >= 15 is 0 Å². The molecule has 0 aliphatic carbocycles. The van der Waals surface area contributed by atoms with Crippen molar-refractivity contribution in [3.8, 4) is 11.8 Å². The van der Waals surface area contributed by atoms with Crippen LogP contribution < -0.4 is 10.9 Å². The number of aliphatic hydroxyl groups is 2. The number of rotatable bonds is 6. The van der Waals surface area contributed by atoms with Crippen molar-refractivity contribution in [2.45, 2.75) is 31.3 Å². The van der Waals surface area contributed by atoms with Gasteiger partial charge in [0, 0.05) is 24.9 Å². The average Bonchev–Trinajstić information content (AvgIpc) is 3.56. The van der Waals surface area contributed by atoms with Crippen LogP contribution in [0.1, 0.15) is 35.1 Å². The van der Waals surface area contributed by atoms with Crippen molar-refractivity contribution in [2.24, 2.45) is 0 Å². The summed E-state index contributed by atoms with van der Waals surface area (Å²) in [5, 5.41) is 28.7. The van der Waals surface area contributed by atoms with E-state index in [4.69, 9.17) is 6.17 Å². The van der Waals surface area contributed by atoms with E-state index in [0.29, 0.717) is 18.5 Å². The summed E-state index contributed by atoms with van der Waals surface area (Å²) in [6.45, 7) is 0.197. The molecule has 2 aromatic heterocycles. The molecule has 10 nitrogen and oxygen atoms in total. The number of ether oxygens (including phenoxy) is 1. The molecule has 1 amide bonds. The summed E-state index contributed by atoms with van der Waals surface area (Å²) in [5.41, 5.74) is 0.696. The predicted octanol–water partition coefficient (Wildman–Crippen LogP) is 2.83. The smallest absolute Gasteiger partial charge is 0.263 e. The fourth-order valence-electron chi connectivity index (χ4n) is 5.71.